The molecule has 4 heterocycles. The molecule has 1 aliphatic heterocycles. The fourth-order valence-corrected chi connectivity index (χ4v) is 4.11. The molecule has 3 aromatic heterocycles. The predicted molar refractivity (Wildman–Crippen MR) is 105 cm³/mol. The van der Waals surface area contributed by atoms with Crippen molar-refractivity contribution in [3.8, 4) is 0 Å². The summed E-state index contributed by atoms with van der Waals surface area (Å²) in [5.41, 5.74) is 5.02. The van der Waals surface area contributed by atoms with Gasteiger partial charge in [0, 0.05) is 48.6 Å². The number of pyridine rings is 1. The Labute approximate surface area is 160 Å². The van der Waals surface area contributed by atoms with Gasteiger partial charge in [0.25, 0.3) is 0 Å². The molecular weight excluding hydrogens is 336 g/mol. The van der Waals surface area contributed by atoms with Gasteiger partial charge in [-0.3, -0.25) is 14.6 Å². The molecule has 1 saturated heterocycles. The van der Waals surface area contributed by atoms with E-state index >= 15 is 0 Å². The van der Waals surface area contributed by atoms with Crippen LogP contribution in [0.2, 0.25) is 0 Å². The molecule has 27 heavy (non-hydrogen) atoms. The van der Waals surface area contributed by atoms with Gasteiger partial charge in [-0.1, -0.05) is 6.07 Å². The summed E-state index contributed by atoms with van der Waals surface area (Å²) in [6.07, 6.45) is 10.2. The summed E-state index contributed by atoms with van der Waals surface area (Å²) in [6, 6.07) is 4.49. The summed E-state index contributed by atoms with van der Waals surface area (Å²) in [7, 11) is 0. The van der Waals surface area contributed by atoms with Gasteiger partial charge in [-0.05, 0) is 51.8 Å². The smallest absolute Gasteiger partial charge is 0.126 e. The molecule has 142 valence electrons. The monoisotopic (exact) mass is 364 g/mol. The molecule has 6 heteroatoms. The first-order valence-electron chi connectivity index (χ1n) is 9.83. The fraction of sp³-hybridized carbons (Fsp3) is 0.476. The first kappa shape index (κ1) is 17.9. The van der Waals surface area contributed by atoms with Crippen molar-refractivity contribution in [2.24, 2.45) is 0 Å². The number of aryl methyl sites for hydroxylation is 2. The van der Waals surface area contributed by atoms with Crippen molar-refractivity contribution >= 4 is 0 Å². The molecule has 1 unspecified atom stereocenters. The van der Waals surface area contributed by atoms with Crippen LogP contribution in [0, 0.1) is 13.8 Å². The van der Waals surface area contributed by atoms with Gasteiger partial charge in [0.2, 0.25) is 0 Å². The van der Waals surface area contributed by atoms with Crippen molar-refractivity contribution in [3.05, 3.63) is 65.3 Å². The van der Waals surface area contributed by atoms with Crippen LogP contribution in [0.1, 0.15) is 54.1 Å². The third kappa shape index (κ3) is 3.54. The summed E-state index contributed by atoms with van der Waals surface area (Å²) in [5, 5.41) is 4.51. The Bertz CT molecular complexity index is 895. The molecule has 0 N–H and O–H groups in total. The van der Waals surface area contributed by atoms with Crippen LogP contribution in [0.5, 0.6) is 0 Å². The predicted octanol–water partition coefficient (Wildman–Crippen LogP) is 3.50. The highest BCUT2D eigenvalue weighted by Crippen LogP contribution is 2.33. The van der Waals surface area contributed by atoms with Crippen LogP contribution in [0.3, 0.4) is 0 Å². The van der Waals surface area contributed by atoms with Crippen LogP contribution < -0.4 is 0 Å². The van der Waals surface area contributed by atoms with Gasteiger partial charge in [-0.2, -0.15) is 5.10 Å². The number of nitrogens with zero attached hydrogens (tertiary/aromatic N) is 6. The zero-order chi connectivity index (χ0) is 18.8. The van der Waals surface area contributed by atoms with Crippen LogP contribution in [-0.2, 0) is 19.6 Å². The maximum absolute atomic E-state index is 4.81. The molecule has 6 nitrogen and oxygen atoms in total. The van der Waals surface area contributed by atoms with Gasteiger partial charge in [-0.25, -0.2) is 4.98 Å². The second kappa shape index (κ2) is 7.64. The number of hydrogen-bond acceptors (Lipinski definition) is 4. The van der Waals surface area contributed by atoms with E-state index in [4.69, 9.17) is 4.98 Å². The second-order valence-corrected chi connectivity index (χ2v) is 7.40. The minimum atomic E-state index is 0.361. The van der Waals surface area contributed by atoms with Crippen LogP contribution in [-0.4, -0.2) is 35.8 Å². The molecule has 4 rings (SSSR count). The van der Waals surface area contributed by atoms with E-state index in [0.29, 0.717) is 6.04 Å². The normalized spacial score (nSPS) is 17.7. The summed E-state index contributed by atoms with van der Waals surface area (Å²) >= 11 is 0. The lowest BCUT2D eigenvalue weighted by atomic mass is 10.1. The van der Waals surface area contributed by atoms with Crippen molar-refractivity contribution in [1.29, 1.82) is 0 Å². The maximum Gasteiger partial charge on any atom is 0.126 e. The van der Waals surface area contributed by atoms with Crippen molar-refractivity contribution in [1.82, 2.24) is 29.2 Å². The van der Waals surface area contributed by atoms with E-state index in [1.54, 1.807) is 0 Å². The highest BCUT2D eigenvalue weighted by atomic mass is 15.3. The molecule has 1 fully saturated rings. The molecule has 0 bridgehead atoms. The van der Waals surface area contributed by atoms with Gasteiger partial charge >= 0.3 is 0 Å². The van der Waals surface area contributed by atoms with Gasteiger partial charge in [0.15, 0.2) is 0 Å². The molecule has 3 aromatic rings. The largest absolute Gasteiger partial charge is 0.327 e. The van der Waals surface area contributed by atoms with Gasteiger partial charge in [0.05, 0.1) is 18.8 Å². The van der Waals surface area contributed by atoms with Crippen LogP contribution in [0.15, 0.2) is 36.9 Å². The number of aromatic nitrogens is 5. The summed E-state index contributed by atoms with van der Waals surface area (Å²) < 4.78 is 4.43. The minimum absolute atomic E-state index is 0.361. The molecule has 0 aromatic carbocycles. The quantitative estimate of drug-likeness (QED) is 0.672. The van der Waals surface area contributed by atoms with E-state index < -0.39 is 0 Å². The lowest BCUT2D eigenvalue weighted by Gasteiger charge is -2.25. The average molecular weight is 364 g/mol. The molecule has 0 saturated carbocycles. The molecule has 0 radical (unpaired) electrons. The first-order chi connectivity index (χ1) is 13.2. The lowest BCUT2D eigenvalue weighted by molar-refractivity contribution is 0.235. The zero-order valence-corrected chi connectivity index (χ0v) is 16.5. The van der Waals surface area contributed by atoms with E-state index in [1.807, 2.05) is 30.9 Å². The van der Waals surface area contributed by atoms with E-state index in [-0.39, 0.29) is 0 Å². The Hall–Kier alpha value is -2.47. The van der Waals surface area contributed by atoms with Crippen LogP contribution >= 0.6 is 0 Å². The van der Waals surface area contributed by atoms with Crippen molar-refractivity contribution in [2.45, 2.75) is 59.3 Å². The summed E-state index contributed by atoms with van der Waals surface area (Å²) in [5.74, 6) is 1.18. The Balaban J connectivity index is 1.58. The standard InChI is InChI=1S/C21H28N6/c1-4-27-17(3)19(13-24-27)15-25-10-6-8-20(25)21-23-11-16(2)26(21)14-18-7-5-9-22-12-18/h5,7,9,11-13,20H,4,6,8,10,14-15H2,1-3H3. The molecule has 0 amide bonds. The zero-order valence-electron chi connectivity index (χ0n) is 16.5. The first-order valence-corrected chi connectivity index (χ1v) is 9.83. The van der Waals surface area contributed by atoms with Crippen molar-refractivity contribution in [2.75, 3.05) is 6.54 Å². The number of hydrogen-bond donors (Lipinski definition) is 0. The minimum Gasteiger partial charge on any atom is -0.327 e. The van der Waals surface area contributed by atoms with Crippen LogP contribution in [0.25, 0.3) is 0 Å². The van der Waals surface area contributed by atoms with Crippen molar-refractivity contribution < 1.29 is 0 Å². The highest BCUT2D eigenvalue weighted by Gasteiger charge is 2.30. The molecule has 1 aliphatic rings. The number of likely N-dealkylation sites (tertiary alicyclic amines) is 1. The molecular formula is C21H28N6. The van der Waals surface area contributed by atoms with E-state index in [2.05, 4.69) is 51.1 Å². The maximum atomic E-state index is 4.81. The Morgan fingerprint density at radius 2 is 2.04 bits per heavy atom. The van der Waals surface area contributed by atoms with E-state index in [1.165, 1.54) is 34.8 Å². The second-order valence-electron chi connectivity index (χ2n) is 7.40. The Morgan fingerprint density at radius 1 is 1.15 bits per heavy atom. The van der Waals surface area contributed by atoms with E-state index in [9.17, 15) is 0 Å². The van der Waals surface area contributed by atoms with Crippen LogP contribution in [0.4, 0.5) is 0 Å². The number of imidazole rings is 1. The topological polar surface area (TPSA) is 51.8 Å². The Morgan fingerprint density at radius 3 is 2.78 bits per heavy atom. The lowest BCUT2D eigenvalue weighted by Crippen LogP contribution is -2.26. The van der Waals surface area contributed by atoms with E-state index in [0.717, 1.165) is 32.6 Å². The SMILES string of the molecule is CCn1ncc(CN2CCCC2c2ncc(C)n2Cc2cccnc2)c1C. The molecule has 0 aliphatic carbocycles. The third-order valence-electron chi connectivity index (χ3n) is 5.69. The average Bonchev–Trinajstić information content (AvgIpc) is 3.38. The summed E-state index contributed by atoms with van der Waals surface area (Å²) in [4.78, 5) is 11.6. The third-order valence-corrected chi connectivity index (χ3v) is 5.69. The molecule has 1 atom stereocenters. The van der Waals surface area contributed by atoms with Gasteiger partial charge < -0.3 is 4.57 Å². The highest BCUT2D eigenvalue weighted by molar-refractivity contribution is 5.19. The Kier molecular flexibility index (Phi) is 5.07. The summed E-state index contributed by atoms with van der Waals surface area (Å²) in [6.45, 7) is 10.2. The number of rotatable bonds is 6. The fourth-order valence-electron chi connectivity index (χ4n) is 4.11. The van der Waals surface area contributed by atoms with Gasteiger partial charge in [-0.15, -0.1) is 0 Å². The molecule has 0 spiro atoms. The van der Waals surface area contributed by atoms with Crippen molar-refractivity contribution in [3.63, 3.8) is 0 Å². The van der Waals surface area contributed by atoms with Gasteiger partial charge in [0.1, 0.15) is 5.82 Å².